The van der Waals surface area contributed by atoms with Gasteiger partial charge in [0, 0.05) is 17.5 Å². The average Bonchev–Trinajstić information content (AvgIpc) is 2.37. The molecule has 94 valence electrons. The second kappa shape index (κ2) is 5.04. The summed E-state index contributed by atoms with van der Waals surface area (Å²) in [4.78, 5) is 15.3. The van der Waals surface area contributed by atoms with E-state index >= 15 is 0 Å². The van der Waals surface area contributed by atoms with Crippen LogP contribution in [0.2, 0.25) is 0 Å². The lowest BCUT2D eigenvalue weighted by Gasteiger charge is -2.08. The number of hydrogen-bond acceptors (Lipinski definition) is 3. The van der Waals surface area contributed by atoms with E-state index in [9.17, 15) is 4.79 Å². The van der Waals surface area contributed by atoms with E-state index in [1.54, 1.807) is 14.0 Å². The number of fused-ring (bicyclic) bond motifs is 1. The van der Waals surface area contributed by atoms with Gasteiger partial charge >= 0.3 is 5.97 Å². The molecule has 4 nitrogen and oxygen atoms in total. The van der Waals surface area contributed by atoms with E-state index < -0.39 is 11.9 Å². The molecule has 18 heavy (non-hydrogen) atoms. The van der Waals surface area contributed by atoms with Crippen molar-refractivity contribution in [1.29, 1.82) is 0 Å². The summed E-state index contributed by atoms with van der Waals surface area (Å²) in [6, 6.07) is 9.51. The molecule has 0 aliphatic carbocycles. The molecule has 0 amide bonds. The second-order valence-electron chi connectivity index (χ2n) is 4.28. The van der Waals surface area contributed by atoms with Crippen LogP contribution in [0.1, 0.15) is 12.6 Å². The van der Waals surface area contributed by atoms with Gasteiger partial charge in [0.2, 0.25) is 0 Å². The molecule has 2 aromatic rings. The molecule has 0 fully saturated rings. The zero-order valence-corrected chi connectivity index (χ0v) is 10.4. The minimum atomic E-state index is -0.808. The fourth-order valence-electron chi connectivity index (χ4n) is 1.84. The van der Waals surface area contributed by atoms with Crippen molar-refractivity contribution in [2.75, 3.05) is 7.11 Å². The molecular formula is C14H15NO3. The monoisotopic (exact) mass is 245 g/mol. The minimum absolute atomic E-state index is 0.420. The van der Waals surface area contributed by atoms with E-state index in [0.29, 0.717) is 12.2 Å². The fraction of sp³-hybridized carbons (Fsp3) is 0.286. The lowest BCUT2D eigenvalue weighted by atomic mass is 10.0. The zero-order valence-electron chi connectivity index (χ0n) is 10.4. The van der Waals surface area contributed by atoms with Crippen LogP contribution in [0.5, 0.6) is 5.75 Å². The average molecular weight is 245 g/mol. The summed E-state index contributed by atoms with van der Waals surface area (Å²) in [5, 5.41) is 9.89. The summed E-state index contributed by atoms with van der Waals surface area (Å²) >= 11 is 0. The predicted octanol–water partition coefficient (Wildman–Crippen LogP) is 2.51. The maximum Gasteiger partial charge on any atom is 0.306 e. The Morgan fingerprint density at radius 2 is 2.17 bits per heavy atom. The third-order valence-electron chi connectivity index (χ3n) is 2.90. The lowest BCUT2D eigenvalue weighted by molar-refractivity contribution is -0.141. The van der Waals surface area contributed by atoms with Gasteiger partial charge in [-0.25, -0.2) is 4.98 Å². The highest BCUT2D eigenvalue weighted by molar-refractivity contribution is 5.84. The van der Waals surface area contributed by atoms with Crippen molar-refractivity contribution in [3.63, 3.8) is 0 Å². The smallest absolute Gasteiger partial charge is 0.306 e. The molecule has 0 spiro atoms. The number of pyridine rings is 1. The summed E-state index contributed by atoms with van der Waals surface area (Å²) < 4.78 is 5.26. The lowest BCUT2D eigenvalue weighted by Crippen LogP contribution is -2.13. The Morgan fingerprint density at radius 1 is 1.39 bits per heavy atom. The van der Waals surface area contributed by atoms with Crippen LogP contribution in [-0.2, 0) is 11.2 Å². The standard InChI is InChI=1S/C14H15NO3/c1-9(14(16)17)8-11-7-6-10-4-3-5-12(18-2)13(10)15-11/h3-7,9H,8H2,1-2H3,(H,16,17). The van der Waals surface area contributed by atoms with Crippen LogP contribution in [0.3, 0.4) is 0 Å². The Hall–Kier alpha value is -2.10. The molecule has 1 unspecified atom stereocenters. The number of rotatable bonds is 4. The van der Waals surface area contributed by atoms with Crippen molar-refractivity contribution in [3.05, 3.63) is 36.0 Å². The number of methoxy groups -OCH3 is 1. The molecule has 1 aromatic heterocycles. The van der Waals surface area contributed by atoms with Gasteiger partial charge in [0.1, 0.15) is 11.3 Å². The number of ether oxygens (including phenoxy) is 1. The Bertz CT molecular complexity index is 580. The number of aromatic nitrogens is 1. The Kier molecular flexibility index (Phi) is 3.46. The fourth-order valence-corrected chi connectivity index (χ4v) is 1.84. The zero-order chi connectivity index (χ0) is 13.1. The van der Waals surface area contributed by atoms with Crippen molar-refractivity contribution in [3.8, 4) is 5.75 Å². The van der Waals surface area contributed by atoms with E-state index in [1.807, 2.05) is 30.3 Å². The minimum Gasteiger partial charge on any atom is -0.494 e. The van der Waals surface area contributed by atoms with Crippen molar-refractivity contribution < 1.29 is 14.6 Å². The highest BCUT2D eigenvalue weighted by Gasteiger charge is 2.13. The molecule has 1 atom stereocenters. The predicted molar refractivity (Wildman–Crippen MR) is 68.8 cm³/mol. The molecule has 0 saturated carbocycles. The highest BCUT2D eigenvalue weighted by atomic mass is 16.5. The van der Waals surface area contributed by atoms with E-state index in [-0.39, 0.29) is 0 Å². The Labute approximate surface area is 105 Å². The first-order chi connectivity index (χ1) is 8.61. The van der Waals surface area contributed by atoms with Crippen molar-refractivity contribution in [2.24, 2.45) is 5.92 Å². The number of para-hydroxylation sites is 1. The van der Waals surface area contributed by atoms with Crippen molar-refractivity contribution in [2.45, 2.75) is 13.3 Å². The normalized spacial score (nSPS) is 12.3. The maximum atomic E-state index is 10.8. The van der Waals surface area contributed by atoms with Gasteiger partial charge in [-0.15, -0.1) is 0 Å². The third-order valence-corrected chi connectivity index (χ3v) is 2.90. The summed E-state index contributed by atoms with van der Waals surface area (Å²) in [5.74, 6) is -0.543. The first-order valence-corrected chi connectivity index (χ1v) is 5.77. The van der Waals surface area contributed by atoms with Crippen LogP contribution >= 0.6 is 0 Å². The number of hydrogen-bond donors (Lipinski definition) is 1. The molecule has 0 radical (unpaired) electrons. The molecule has 1 N–H and O–H groups in total. The van der Waals surface area contributed by atoms with Crippen LogP contribution in [0.15, 0.2) is 30.3 Å². The molecule has 0 aliphatic rings. The van der Waals surface area contributed by atoms with Gasteiger partial charge in [-0.05, 0) is 12.1 Å². The van der Waals surface area contributed by atoms with Gasteiger partial charge in [0.25, 0.3) is 0 Å². The topological polar surface area (TPSA) is 59.4 Å². The molecule has 0 aliphatic heterocycles. The SMILES string of the molecule is COc1cccc2ccc(CC(C)C(=O)O)nc12. The summed E-state index contributed by atoms with van der Waals surface area (Å²) in [6.07, 6.45) is 0.420. The van der Waals surface area contributed by atoms with Gasteiger partial charge in [-0.2, -0.15) is 0 Å². The molecule has 0 saturated heterocycles. The van der Waals surface area contributed by atoms with Gasteiger partial charge in [-0.3, -0.25) is 4.79 Å². The van der Waals surface area contributed by atoms with Gasteiger partial charge < -0.3 is 9.84 Å². The quantitative estimate of drug-likeness (QED) is 0.899. The molecule has 0 bridgehead atoms. The third kappa shape index (κ3) is 2.42. The number of carbonyl (C=O) groups is 1. The Balaban J connectivity index is 2.40. The number of benzene rings is 1. The van der Waals surface area contributed by atoms with E-state index in [2.05, 4.69) is 4.98 Å². The first kappa shape index (κ1) is 12.4. The van der Waals surface area contributed by atoms with Crippen LogP contribution in [0.4, 0.5) is 0 Å². The summed E-state index contributed by atoms with van der Waals surface area (Å²) in [7, 11) is 1.60. The number of carboxylic acid groups (broad SMARTS) is 1. The van der Waals surface area contributed by atoms with Crippen LogP contribution in [0, 0.1) is 5.92 Å². The van der Waals surface area contributed by atoms with Gasteiger partial charge in [-0.1, -0.05) is 25.1 Å². The second-order valence-corrected chi connectivity index (χ2v) is 4.28. The largest absolute Gasteiger partial charge is 0.494 e. The van der Waals surface area contributed by atoms with E-state index in [1.165, 1.54) is 0 Å². The number of carboxylic acids is 1. The molecule has 4 heteroatoms. The van der Waals surface area contributed by atoms with Crippen molar-refractivity contribution >= 4 is 16.9 Å². The first-order valence-electron chi connectivity index (χ1n) is 5.77. The molecule has 2 rings (SSSR count). The van der Waals surface area contributed by atoms with Crippen LogP contribution in [0.25, 0.3) is 10.9 Å². The van der Waals surface area contributed by atoms with Gasteiger partial charge in [0.05, 0.1) is 13.0 Å². The van der Waals surface area contributed by atoms with Crippen LogP contribution < -0.4 is 4.74 Å². The number of nitrogens with zero attached hydrogens (tertiary/aromatic N) is 1. The summed E-state index contributed by atoms with van der Waals surface area (Å²) in [5.41, 5.74) is 1.54. The van der Waals surface area contributed by atoms with E-state index in [0.717, 1.165) is 16.6 Å². The molecular weight excluding hydrogens is 230 g/mol. The van der Waals surface area contributed by atoms with E-state index in [4.69, 9.17) is 9.84 Å². The molecule has 1 heterocycles. The van der Waals surface area contributed by atoms with Crippen LogP contribution in [-0.4, -0.2) is 23.2 Å². The maximum absolute atomic E-state index is 10.8. The Morgan fingerprint density at radius 3 is 2.83 bits per heavy atom. The summed E-state index contributed by atoms with van der Waals surface area (Å²) in [6.45, 7) is 1.68. The van der Waals surface area contributed by atoms with Crippen molar-refractivity contribution in [1.82, 2.24) is 4.98 Å². The highest BCUT2D eigenvalue weighted by Crippen LogP contribution is 2.24. The van der Waals surface area contributed by atoms with Gasteiger partial charge in [0.15, 0.2) is 0 Å². The number of aliphatic carboxylic acids is 1. The molecule has 1 aromatic carbocycles.